The van der Waals surface area contributed by atoms with Gasteiger partial charge in [0.25, 0.3) is 0 Å². The van der Waals surface area contributed by atoms with Crippen LogP contribution in [0.4, 0.5) is 0 Å². The van der Waals surface area contributed by atoms with Crippen molar-refractivity contribution >= 4 is 0 Å². The predicted molar refractivity (Wildman–Crippen MR) is 69.7 cm³/mol. The fourth-order valence-corrected chi connectivity index (χ4v) is 3.58. The van der Waals surface area contributed by atoms with Gasteiger partial charge in [-0.25, -0.2) is 0 Å². The van der Waals surface area contributed by atoms with Gasteiger partial charge in [-0.15, -0.1) is 0 Å². The van der Waals surface area contributed by atoms with E-state index in [9.17, 15) is 5.21 Å². The Bertz CT molecular complexity index is 403. The van der Waals surface area contributed by atoms with Crippen molar-refractivity contribution in [1.82, 2.24) is 5.06 Å². The van der Waals surface area contributed by atoms with E-state index in [0.29, 0.717) is 12.0 Å². The first-order valence-corrected chi connectivity index (χ1v) is 6.91. The Balaban J connectivity index is 1.78. The van der Waals surface area contributed by atoms with E-state index in [1.165, 1.54) is 24.8 Å². The summed E-state index contributed by atoms with van der Waals surface area (Å²) in [6.45, 7) is 0. The van der Waals surface area contributed by atoms with Gasteiger partial charge in [0.2, 0.25) is 0 Å². The molecule has 1 heterocycles. The molecule has 3 rings (SSSR count). The van der Waals surface area contributed by atoms with Gasteiger partial charge in [-0.1, -0.05) is 18.6 Å². The minimum Gasteiger partial charge on any atom is -0.497 e. The molecular formula is C15H21NO2. The van der Waals surface area contributed by atoms with E-state index in [0.717, 1.165) is 18.6 Å². The van der Waals surface area contributed by atoms with Crippen molar-refractivity contribution in [3.05, 3.63) is 29.8 Å². The molecule has 0 bridgehead atoms. The maximum atomic E-state index is 10.4. The lowest BCUT2D eigenvalue weighted by molar-refractivity contribution is -0.189. The summed E-state index contributed by atoms with van der Waals surface area (Å²) in [5.74, 6) is 1.59. The first-order valence-electron chi connectivity index (χ1n) is 6.91. The van der Waals surface area contributed by atoms with Crippen LogP contribution in [0.25, 0.3) is 0 Å². The molecule has 0 aromatic heterocycles. The van der Waals surface area contributed by atoms with E-state index in [1.807, 2.05) is 12.1 Å². The fourth-order valence-electron chi connectivity index (χ4n) is 3.58. The van der Waals surface area contributed by atoms with Crippen LogP contribution < -0.4 is 4.74 Å². The Labute approximate surface area is 108 Å². The predicted octanol–water partition coefficient (Wildman–Crippen LogP) is 3.39. The van der Waals surface area contributed by atoms with E-state index in [4.69, 9.17) is 4.74 Å². The largest absolute Gasteiger partial charge is 0.497 e. The normalized spacial score (nSPS) is 32.2. The molecular weight excluding hydrogens is 226 g/mol. The van der Waals surface area contributed by atoms with Gasteiger partial charge in [0.15, 0.2) is 0 Å². The number of ether oxygens (including phenoxy) is 1. The van der Waals surface area contributed by atoms with Gasteiger partial charge in [-0.3, -0.25) is 0 Å². The highest BCUT2D eigenvalue weighted by Gasteiger charge is 2.39. The van der Waals surface area contributed by atoms with Crippen LogP contribution in [0.2, 0.25) is 0 Å². The zero-order valence-electron chi connectivity index (χ0n) is 10.9. The van der Waals surface area contributed by atoms with Crippen molar-refractivity contribution in [2.24, 2.45) is 5.92 Å². The van der Waals surface area contributed by atoms with Crippen LogP contribution in [-0.2, 0) is 0 Å². The highest BCUT2D eigenvalue weighted by molar-refractivity contribution is 5.29. The maximum Gasteiger partial charge on any atom is 0.118 e. The number of methoxy groups -OCH3 is 1. The molecule has 3 nitrogen and oxygen atoms in total. The lowest BCUT2D eigenvalue weighted by Gasteiger charge is -2.39. The van der Waals surface area contributed by atoms with Crippen LogP contribution in [0.1, 0.15) is 43.7 Å². The molecule has 0 unspecified atom stereocenters. The highest BCUT2D eigenvalue weighted by Crippen LogP contribution is 2.43. The van der Waals surface area contributed by atoms with Gasteiger partial charge in [0.1, 0.15) is 5.75 Å². The van der Waals surface area contributed by atoms with Crippen LogP contribution in [-0.4, -0.2) is 23.4 Å². The Kier molecular flexibility index (Phi) is 3.27. The maximum absolute atomic E-state index is 10.4. The van der Waals surface area contributed by atoms with Crippen molar-refractivity contribution in [3.8, 4) is 5.75 Å². The second-order valence-corrected chi connectivity index (χ2v) is 5.50. The summed E-state index contributed by atoms with van der Waals surface area (Å²) in [4.78, 5) is 0. The second kappa shape index (κ2) is 4.90. The molecule has 0 amide bonds. The zero-order valence-corrected chi connectivity index (χ0v) is 10.9. The van der Waals surface area contributed by atoms with Gasteiger partial charge in [0, 0.05) is 6.04 Å². The van der Waals surface area contributed by atoms with E-state index in [-0.39, 0.29) is 6.04 Å². The molecule has 1 aromatic carbocycles. The van der Waals surface area contributed by atoms with Gasteiger partial charge >= 0.3 is 0 Å². The minimum atomic E-state index is 0.162. The average molecular weight is 247 g/mol. The number of hydrogen-bond donors (Lipinski definition) is 1. The van der Waals surface area contributed by atoms with Crippen LogP contribution in [0, 0.1) is 5.92 Å². The molecule has 2 fully saturated rings. The van der Waals surface area contributed by atoms with Crippen LogP contribution >= 0.6 is 0 Å². The molecule has 18 heavy (non-hydrogen) atoms. The van der Waals surface area contributed by atoms with E-state index >= 15 is 0 Å². The molecule has 2 aliphatic rings. The quantitative estimate of drug-likeness (QED) is 0.869. The third kappa shape index (κ3) is 2.02. The van der Waals surface area contributed by atoms with Crippen molar-refractivity contribution in [3.63, 3.8) is 0 Å². The van der Waals surface area contributed by atoms with E-state index in [1.54, 1.807) is 12.2 Å². The second-order valence-electron chi connectivity index (χ2n) is 5.50. The Morgan fingerprint density at radius 1 is 1.11 bits per heavy atom. The monoisotopic (exact) mass is 247 g/mol. The molecule has 1 aliphatic carbocycles. The lowest BCUT2D eigenvalue weighted by atomic mass is 9.86. The average Bonchev–Trinajstić information content (AvgIpc) is 2.89. The summed E-state index contributed by atoms with van der Waals surface area (Å²) in [5.41, 5.74) is 1.20. The lowest BCUT2D eigenvalue weighted by Crippen LogP contribution is -2.42. The Morgan fingerprint density at radius 2 is 1.89 bits per heavy atom. The summed E-state index contributed by atoms with van der Waals surface area (Å²) >= 11 is 0. The summed E-state index contributed by atoms with van der Waals surface area (Å²) in [7, 11) is 1.68. The minimum absolute atomic E-state index is 0.162. The van der Waals surface area contributed by atoms with Crippen molar-refractivity contribution in [1.29, 1.82) is 0 Å². The van der Waals surface area contributed by atoms with Gasteiger partial charge < -0.3 is 9.94 Å². The molecule has 1 saturated heterocycles. The van der Waals surface area contributed by atoms with Crippen LogP contribution in [0.15, 0.2) is 24.3 Å². The summed E-state index contributed by atoms with van der Waals surface area (Å²) in [5, 5.41) is 12.0. The number of benzene rings is 1. The number of nitrogens with zero attached hydrogens (tertiary/aromatic N) is 1. The molecule has 3 atom stereocenters. The first kappa shape index (κ1) is 12.0. The summed E-state index contributed by atoms with van der Waals surface area (Å²) in [6, 6.07) is 8.64. The molecule has 1 aromatic rings. The third-order valence-corrected chi connectivity index (χ3v) is 4.59. The number of rotatable bonds is 2. The van der Waals surface area contributed by atoms with E-state index in [2.05, 4.69) is 12.1 Å². The summed E-state index contributed by atoms with van der Waals surface area (Å²) in [6.07, 6.45) is 6.01. The summed E-state index contributed by atoms with van der Waals surface area (Å²) < 4.78 is 5.18. The number of hydroxylamine groups is 2. The van der Waals surface area contributed by atoms with Crippen LogP contribution in [0.3, 0.4) is 0 Å². The number of fused-ring (bicyclic) bond motifs is 1. The van der Waals surface area contributed by atoms with Gasteiger partial charge in [0.05, 0.1) is 13.2 Å². The number of piperidine rings is 1. The molecule has 98 valence electrons. The number of hydrogen-bond acceptors (Lipinski definition) is 3. The Hall–Kier alpha value is -1.06. The van der Waals surface area contributed by atoms with E-state index < -0.39 is 0 Å². The van der Waals surface area contributed by atoms with Crippen molar-refractivity contribution < 1.29 is 9.94 Å². The van der Waals surface area contributed by atoms with Crippen molar-refractivity contribution in [2.45, 2.75) is 44.2 Å². The standard InChI is InChI=1S/C15H21NO2/c1-18-13-8-5-12(6-9-13)15-10-7-11-3-2-4-14(11)16(15)17/h5-6,8-9,11,14-15,17H,2-4,7,10H2,1H3/t11-,14+,15+/m0/s1. The molecule has 1 aliphatic heterocycles. The zero-order chi connectivity index (χ0) is 12.5. The first-order chi connectivity index (χ1) is 8.79. The molecule has 3 heteroatoms. The van der Waals surface area contributed by atoms with Crippen LogP contribution in [0.5, 0.6) is 5.75 Å². The fraction of sp³-hybridized carbons (Fsp3) is 0.600. The topological polar surface area (TPSA) is 32.7 Å². The van der Waals surface area contributed by atoms with Gasteiger partial charge in [-0.2, -0.15) is 5.06 Å². The molecule has 1 N–H and O–H groups in total. The molecule has 0 radical (unpaired) electrons. The van der Waals surface area contributed by atoms with Crippen molar-refractivity contribution in [2.75, 3.05) is 7.11 Å². The molecule has 1 saturated carbocycles. The third-order valence-electron chi connectivity index (χ3n) is 4.59. The van der Waals surface area contributed by atoms with Gasteiger partial charge in [-0.05, 0) is 49.3 Å². The Morgan fingerprint density at radius 3 is 2.61 bits per heavy atom. The SMILES string of the molecule is COc1ccc([C@H]2CC[C@@H]3CCC[C@H]3N2O)cc1. The highest BCUT2D eigenvalue weighted by atomic mass is 16.5. The smallest absolute Gasteiger partial charge is 0.118 e. The molecule has 0 spiro atoms.